The van der Waals surface area contributed by atoms with Gasteiger partial charge >= 0.3 is 5.82 Å². The summed E-state index contributed by atoms with van der Waals surface area (Å²) in [6.07, 6.45) is 1.66. The highest BCUT2D eigenvalue weighted by Crippen LogP contribution is 2.16. The van der Waals surface area contributed by atoms with Crippen molar-refractivity contribution in [2.75, 3.05) is 6.61 Å². The summed E-state index contributed by atoms with van der Waals surface area (Å²) in [6.45, 7) is 3.15. The average Bonchev–Trinajstić information content (AvgIpc) is 2.78. The maximum atomic E-state index is 10.4. The highest BCUT2D eigenvalue weighted by molar-refractivity contribution is 5.16. The van der Waals surface area contributed by atoms with Crippen LogP contribution in [-0.4, -0.2) is 27.2 Å². The van der Waals surface area contributed by atoms with Crippen molar-refractivity contribution in [1.29, 1.82) is 0 Å². The van der Waals surface area contributed by atoms with Crippen molar-refractivity contribution in [2.45, 2.75) is 19.6 Å². The number of epoxide rings is 1. The largest absolute Gasteiger partial charge is 0.381 e. The Kier molecular flexibility index (Phi) is 1.77. The van der Waals surface area contributed by atoms with E-state index in [-0.39, 0.29) is 11.9 Å². The number of aromatic nitrogens is 2. The molecule has 0 amide bonds. The van der Waals surface area contributed by atoms with Crippen LogP contribution in [0.25, 0.3) is 0 Å². The number of hydrogen-bond donors (Lipinski definition) is 0. The molecule has 0 saturated carbocycles. The lowest BCUT2D eigenvalue weighted by molar-refractivity contribution is -0.389. The number of rotatable bonds is 3. The summed E-state index contributed by atoms with van der Waals surface area (Å²) in [6, 6.07) is 0. The first-order valence-corrected chi connectivity index (χ1v) is 3.96. The molecule has 1 atom stereocenters. The van der Waals surface area contributed by atoms with Gasteiger partial charge in [-0.15, -0.1) is 0 Å². The smallest absolute Gasteiger partial charge is 0.371 e. The van der Waals surface area contributed by atoms with Gasteiger partial charge in [0.2, 0.25) is 5.82 Å². The molecule has 2 heterocycles. The summed E-state index contributed by atoms with van der Waals surface area (Å²) < 4.78 is 6.76. The number of nitro groups is 1. The molecule has 0 radical (unpaired) electrons. The molecule has 1 fully saturated rings. The van der Waals surface area contributed by atoms with Crippen molar-refractivity contribution in [3.05, 3.63) is 22.1 Å². The molecule has 1 aliphatic heterocycles. The van der Waals surface area contributed by atoms with Gasteiger partial charge < -0.3 is 19.4 Å². The first kappa shape index (κ1) is 8.18. The summed E-state index contributed by atoms with van der Waals surface area (Å²) in [7, 11) is 0. The SMILES string of the molecule is Cc1nc([N+](=O)[O-])cn1C[C@@H]1CO1. The molecule has 0 unspecified atom stereocenters. The zero-order valence-corrected chi connectivity index (χ0v) is 7.14. The van der Waals surface area contributed by atoms with Gasteiger partial charge in [0.05, 0.1) is 19.3 Å². The lowest BCUT2D eigenvalue weighted by Crippen LogP contribution is -2.04. The van der Waals surface area contributed by atoms with Gasteiger partial charge in [0, 0.05) is 6.92 Å². The normalized spacial score (nSPS) is 20.2. The first-order valence-electron chi connectivity index (χ1n) is 3.96. The monoisotopic (exact) mass is 183 g/mol. The van der Waals surface area contributed by atoms with Gasteiger partial charge in [-0.25, -0.2) is 0 Å². The van der Waals surface area contributed by atoms with Crippen molar-refractivity contribution in [1.82, 2.24) is 9.55 Å². The van der Waals surface area contributed by atoms with Gasteiger partial charge in [-0.3, -0.25) is 0 Å². The van der Waals surface area contributed by atoms with Crippen LogP contribution < -0.4 is 0 Å². The van der Waals surface area contributed by atoms with E-state index >= 15 is 0 Å². The van der Waals surface area contributed by atoms with Crippen LogP contribution in [0, 0.1) is 17.0 Å². The van der Waals surface area contributed by atoms with E-state index < -0.39 is 4.92 Å². The molecule has 13 heavy (non-hydrogen) atoms. The minimum absolute atomic E-state index is 0.0989. The van der Waals surface area contributed by atoms with Gasteiger partial charge in [-0.05, 0) is 9.91 Å². The minimum Gasteiger partial charge on any atom is -0.371 e. The Labute approximate surface area is 74.3 Å². The van der Waals surface area contributed by atoms with Gasteiger partial charge in [0.1, 0.15) is 6.20 Å². The Morgan fingerprint density at radius 1 is 1.92 bits per heavy atom. The molecule has 0 N–H and O–H groups in total. The summed E-state index contributed by atoms with van der Waals surface area (Å²) in [4.78, 5) is 13.7. The quantitative estimate of drug-likeness (QED) is 0.388. The summed E-state index contributed by atoms with van der Waals surface area (Å²) in [5, 5.41) is 10.4. The number of imidazole rings is 1. The van der Waals surface area contributed by atoms with Gasteiger partial charge in [-0.1, -0.05) is 0 Å². The van der Waals surface area contributed by atoms with Crippen LogP contribution in [-0.2, 0) is 11.3 Å². The third kappa shape index (κ3) is 1.67. The Bertz CT molecular complexity index is 343. The van der Waals surface area contributed by atoms with Crippen LogP contribution in [0.15, 0.2) is 6.20 Å². The maximum Gasteiger partial charge on any atom is 0.381 e. The van der Waals surface area contributed by atoms with E-state index in [0.29, 0.717) is 12.4 Å². The Morgan fingerprint density at radius 3 is 3.08 bits per heavy atom. The van der Waals surface area contributed by atoms with Crippen LogP contribution in [0.5, 0.6) is 0 Å². The van der Waals surface area contributed by atoms with Crippen LogP contribution in [0.3, 0.4) is 0 Å². The molecule has 2 rings (SSSR count). The van der Waals surface area contributed by atoms with E-state index in [1.54, 1.807) is 11.5 Å². The van der Waals surface area contributed by atoms with E-state index in [2.05, 4.69) is 4.98 Å². The standard InChI is InChI=1S/C7H9N3O3/c1-5-8-7(10(11)12)3-9(5)2-6-4-13-6/h3,6H,2,4H2,1H3/t6-/m1/s1. The number of ether oxygens (including phenoxy) is 1. The highest BCUT2D eigenvalue weighted by Gasteiger charge is 2.25. The first-order chi connectivity index (χ1) is 6.16. The van der Waals surface area contributed by atoms with Gasteiger partial charge in [0.25, 0.3) is 0 Å². The minimum atomic E-state index is -0.489. The third-order valence-corrected chi connectivity index (χ3v) is 1.95. The summed E-state index contributed by atoms with van der Waals surface area (Å²) >= 11 is 0. The average molecular weight is 183 g/mol. The molecule has 6 heteroatoms. The van der Waals surface area contributed by atoms with Crippen molar-refractivity contribution >= 4 is 5.82 Å². The molecule has 70 valence electrons. The molecule has 0 aromatic carbocycles. The molecular weight excluding hydrogens is 174 g/mol. The fourth-order valence-corrected chi connectivity index (χ4v) is 1.16. The lowest BCUT2D eigenvalue weighted by Gasteiger charge is -1.95. The van der Waals surface area contributed by atoms with Crippen molar-refractivity contribution in [2.24, 2.45) is 0 Å². The molecule has 1 aliphatic rings. The van der Waals surface area contributed by atoms with Crippen LogP contribution in [0.4, 0.5) is 5.82 Å². The predicted octanol–water partition coefficient (Wildman–Crippen LogP) is 0.499. The Hall–Kier alpha value is -1.43. The maximum absolute atomic E-state index is 10.4. The van der Waals surface area contributed by atoms with Crippen molar-refractivity contribution in [3.63, 3.8) is 0 Å². The van der Waals surface area contributed by atoms with E-state index in [1.807, 2.05) is 0 Å². The van der Waals surface area contributed by atoms with Crippen molar-refractivity contribution < 1.29 is 9.66 Å². The predicted molar refractivity (Wildman–Crippen MR) is 43.4 cm³/mol. The van der Waals surface area contributed by atoms with E-state index in [4.69, 9.17) is 4.74 Å². The topological polar surface area (TPSA) is 73.5 Å². The highest BCUT2D eigenvalue weighted by atomic mass is 16.6. The van der Waals surface area contributed by atoms with Gasteiger partial charge in [-0.2, -0.15) is 0 Å². The molecule has 6 nitrogen and oxygen atoms in total. The second kappa shape index (κ2) is 2.81. The fraction of sp³-hybridized carbons (Fsp3) is 0.571. The molecule has 0 aliphatic carbocycles. The second-order valence-corrected chi connectivity index (χ2v) is 3.01. The van der Waals surface area contributed by atoms with Crippen LogP contribution >= 0.6 is 0 Å². The number of nitrogens with zero attached hydrogens (tertiary/aromatic N) is 3. The Morgan fingerprint density at radius 2 is 2.62 bits per heavy atom. The molecule has 0 spiro atoms. The Balaban J connectivity index is 2.18. The zero-order valence-electron chi connectivity index (χ0n) is 7.14. The summed E-state index contributed by atoms with van der Waals surface area (Å²) in [5.74, 6) is 0.556. The number of aryl methyl sites for hydroxylation is 1. The molecule has 1 aromatic heterocycles. The van der Waals surface area contributed by atoms with E-state index in [0.717, 1.165) is 6.61 Å². The second-order valence-electron chi connectivity index (χ2n) is 3.01. The third-order valence-electron chi connectivity index (χ3n) is 1.95. The lowest BCUT2D eigenvalue weighted by atomic mass is 10.4. The van der Waals surface area contributed by atoms with Crippen molar-refractivity contribution in [3.8, 4) is 0 Å². The van der Waals surface area contributed by atoms with Crippen LogP contribution in [0.2, 0.25) is 0 Å². The molecular formula is C7H9N3O3. The summed E-state index contributed by atoms with van der Waals surface area (Å²) in [5.41, 5.74) is 0. The molecule has 1 saturated heterocycles. The zero-order chi connectivity index (χ0) is 9.42. The number of hydrogen-bond acceptors (Lipinski definition) is 4. The van der Waals surface area contributed by atoms with E-state index in [9.17, 15) is 10.1 Å². The van der Waals surface area contributed by atoms with Gasteiger partial charge in [0.15, 0.2) is 0 Å². The fourth-order valence-electron chi connectivity index (χ4n) is 1.16. The molecule has 1 aromatic rings. The van der Waals surface area contributed by atoms with Crippen LogP contribution in [0.1, 0.15) is 5.82 Å². The van der Waals surface area contributed by atoms with E-state index in [1.165, 1.54) is 6.20 Å². The molecule has 0 bridgehead atoms.